The Hall–Kier alpha value is -4.99. The molecule has 0 fully saturated rings. The summed E-state index contributed by atoms with van der Waals surface area (Å²) in [5, 5.41) is 9.19. The first-order valence-corrected chi connectivity index (χ1v) is 10.7. The third-order valence-corrected chi connectivity index (χ3v) is 4.68. The molecule has 0 spiro atoms. The molecule has 10 nitrogen and oxygen atoms in total. The minimum atomic E-state index is -0.596. The van der Waals surface area contributed by atoms with Crippen molar-refractivity contribution in [3.8, 4) is 11.5 Å². The summed E-state index contributed by atoms with van der Waals surface area (Å²) in [6.07, 6.45) is 1.42. The Morgan fingerprint density at radius 2 is 1.31 bits per heavy atom. The second-order valence-corrected chi connectivity index (χ2v) is 7.52. The number of amides is 3. The second-order valence-electron chi connectivity index (χ2n) is 7.52. The number of ether oxygens (including phenoxy) is 2. The van der Waals surface area contributed by atoms with Crippen LogP contribution in [0, 0.1) is 0 Å². The van der Waals surface area contributed by atoms with Crippen LogP contribution < -0.4 is 25.5 Å². The van der Waals surface area contributed by atoms with Crippen LogP contribution in [0.4, 0.5) is 11.4 Å². The van der Waals surface area contributed by atoms with Gasteiger partial charge in [0.25, 0.3) is 5.91 Å². The van der Waals surface area contributed by atoms with Crippen LogP contribution in [0.15, 0.2) is 71.8 Å². The monoisotopic (exact) mass is 488 g/mol. The highest BCUT2D eigenvalue weighted by Crippen LogP contribution is 2.28. The van der Waals surface area contributed by atoms with E-state index < -0.39 is 11.9 Å². The van der Waals surface area contributed by atoms with E-state index in [1.165, 1.54) is 39.3 Å². The van der Waals surface area contributed by atoms with Crippen molar-refractivity contribution in [1.29, 1.82) is 0 Å². The quantitative estimate of drug-likeness (QED) is 0.192. The molecule has 184 valence electrons. The van der Waals surface area contributed by atoms with Crippen molar-refractivity contribution in [2.45, 2.75) is 13.8 Å². The topological polar surface area (TPSA) is 135 Å². The number of nitrogens with one attached hydrogen (secondary N) is 3. The van der Waals surface area contributed by atoms with Crippen LogP contribution in [0.25, 0.3) is 0 Å². The van der Waals surface area contributed by atoms with Gasteiger partial charge in [-0.2, -0.15) is 5.10 Å². The van der Waals surface area contributed by atoms with Crippen molar-refractivity contribution in [3.05, 3.63) is 83.4 Å². The Kier molecular flexibility index (Phi) is 8.49. The summed E-state index contributed by atoms with van der Waals surface area (Å²) in [5.74, 6) is -0.944. The molecule has 0 heterocycles. The van der Waals surface area contributed by atoms with Gasteiger partial charge in [-0.25, -0.2) is 10.2 Å². The molecule has 0 radical (unpaired) electrons. The van der Waals surface area contributed by atoms with Gasteiger partial charge in [0.05, 0.1) is 18.9 Å². The molecule has 3 aromatic carbocycles. The Balaban J connectivity index is 1.61. The summed E-state index contributed by atoms with van der Waals surface area (Å²) in [7, 11) is 1.43. The molecule has 0 bridgehead atoms. The number of hydrazone groups is 1. The summed E-state index contributed by atoms with van der Waals surface area (Å²) >= 11 is 0. The van der Waals surface area contributed by atoms with E-state index in [1.807, 2.05) is 0 Å². The molecule has 0 aliphatic heterocycles. The summed E-state index contributed by atoms with van der Waals surface area (Å²) < 4.78 is 10.8. The average molecular weight is 489 g/mol. The number of benzene rings is 3. The van der Waals surface area contributed by atoms with E-state index in [-0.39, 0.29) is 17.6 Å². The van der Waals surface area contributed by atoms with E-state index in [0.717, 1.165) is 0 Å². The summed E-state index contributed by atoms with van der Waals surface area (Å²) in [5.41, 5.74) is 4.82. The first-order valence-electron chi connectivity index (χ1n) is 10.7. The SMILES string of the molecule is COc1cc(/C=N/NC(=O)c2ccc(NC(C)=O)cc2)ccc1OC(=O)c1ccc(NC(C)=O)cc1. The number of carbonyl (C=O) groups is 4. The van der Waals surface area contributed by atoms with Gasteiger partial charge in [-0.05, 0) is 72.3 Å². The Bertz CT molecular complexity index is 1300. The van der Waals surface area contributed by atoms with Crippen molar-refractivity contribution in [1.82, 2.24) is 5.43 Å². The standard InChI is InChI=1S/C26H24N4O6/c1-16(31)28-21-9-5-19(6-10-21)25(33)30-27-15-18-4-13-23(24(14-18)35-3)36-26(34)20-7-11-22(12-8-20)29-17(2)32/h4-15H,1-3H3,(H,28,31)(H,29,32)(H,30,33)/b27-15+. The predicted octanol–water partition coefficient (Wildman–Crippen LogP) is 3.60. The fraction of sp³-hybridized carbons (Fsp3) is 0.115. The maximum Gasteiger partial charge on any atom is 0.343 e. The van der Waals surface area contributed by atoms with Crippen LogP contribution in [0.2, 0.25) is 0 Å². The highest BCUT2D eigenvalue weighted by atomic mass is 16.6. The zero-order valence-corrected chi connectivity index (χ0v) is 19.8. The lowest BCUT2D eigenvalue weighted by molar-refractivity contribution is -0.115. The molecule has 0 aliphatic rings. The van der Waals surface area contributed by atoms with Crippen molar-refractivity contribution >= 4 is 41.3 Å². The molecule has 3 rings (SSSR count). The fourth-order valence-corrected chi connectivity index (χ4v) is 3.04. The Labute approximate surface area is 207 Å². The molecule has 3 aromatic rings. The third-order valence-electron chi connectivity index (χ3n) is 4.68. The zero-order valence-electron chi connectivity index (χ0n) is 19.8. The van der Waals surface area contributed by atoms with Gasteiger partial charge < -0.3 is 20.1 Å². The van der Waals surface area contributed by atoms with Gasteiger partial charge >= 0.3 is 5.97 Å². The number of methoxy groups -OCH3 is 1. The molecule has 36 heavy (non-hydrogen) atoms. The molecule has 3 amide bonds. The first kappa shape index (κ1) is 25.6. The summed E-state index contributed by atoms with van der Waals surface area (Å²) in [4.78, 5) is 47.0. The van der Waals surface area contributed by atoms with E-state index in [2.05, 4.69) is 21.2 Å². The van der Waals surface area contributed by atoms with Gasteiger partial charge in [-0.1, -0.05) is 0 Å². The molecule has 0 aliphatic carbocycles. The van der Waals surface area contributed by atoms with Crippen molar-refractivity contribution < 1.29 is 28.7 Å². The molecule has 0 saturated carbocycles. The van der Waals surface area contributed by atoms with Gasteiger partial charge in [0, 0.05) is 30.8 Å². The molecule has 0 unspecified atom stereocenters. The number of hydrogen-bond donors (Lipinski definition) is 3. The predicted molar refractivity (Wildman–Crippen MR) is 135 cm³/mol. The Morgan fingerprint density at radius 3 is 1.83 bits per heavy atom. The van der Waals surface area contributed by atoms with E-state index in [1.54, 1.807) is 54.6 Å². The average Bonchev–Trinajstić information content (AvgIpc) is 2.85. The van der Waals surface area contributed by atoms with Gasteiger partial charge in [0.2, 0.25) is 11.8 Å². The largest absolute Gasteiger partial charge is 0.493 e. The highest BCUT2D eigenvalue weighted by Gasteiger charge is 2.13. The van der Waals surface area contributed by atoms with Gasteiger partial charge in [-0.3, -0.25) is 14.4 Å². The lowest BCUT2D eigenvalue weighted by Crippen LogP contribution is -2.17. The molecule has 10 heteroatoms. The Morgan fingerprint density at radius 1 is 0.750 bits per heavy atom. The van der Waals surface area contributed by atoms with Crippen LogP contribution in [0.3, 0.4) is 0 Å². The number of hydrogen-bond acceptors (Lipinski definition) is 7. The lowest BCUT2D eigenvalue weighted by atomic mass is 10.2. The van der Waals surface area contributed by atoms with E-state index in [0.29, 0.717) is 33.8 Å². The summed E-state index contributed by atoms with van der Waals surface area (Å²) in [6.45, 7) is 2.79. The van der Waals surface area contributed by atoms with Crippen LogP contribution in [-0.2, 0) is 9.59 Å². The van der Waals surface area contributed by atoms with Crippen LogP contribution in [-0.4, -0.2) is 37.0 Å². The van der Waals surface area contributed by atoms with E-state index in [9.17, 15) is 19.2 Å². The van der Waals surface area contributed by atoms with E-state index in [4.69, 9.17) is 9.47 Å². The van der Waals surface area contributed by atoms with Crippen LogP contribution >= 0.6 is 0 Å². The number of anilines is 2. The maximum atomic E-state index is 12.5. The van der Waals surface area contributed by atoms with Crippen molar-refractivity contribution in [2.75, 3.05) is 17.7 Å². The molecule has 0 aromatic heterocycles. The second kappa shape index (κ2) is 11.9. The minimum absolute atomic E-state index is 0.203. The number of esters is 1. The smallest absolute Gasteiger partial charge is 0.343 e. The minimum Gasteiger partial charge on any atom is -0.493 e. The molecular formula is C26H24N4O6. The number of nitrogens with zero attached hydrogens (tertiary/aromatic N) is 1. The van der Waals surface area contributed by atoms with Crippen LogP contribution in [0.1, 0.15) is 40.1 Å². The first-order chi connectivity index (χ1) is 17.2. The molecule has 0 atom stereocenters. The normalized spacial score (nSPS) is 10.4. The molecule has 0 saturated heterocycles. The number of rotatable bonds is 8. The third kappa shape index (κ3) is 7.26. The highest BCUT2D eigenvalue weighted by molar-refractivity contribution is 5.96. The van der Waals surface area contributed by atoms with Crippen molar-refractivity contribution in [2.24, 2.45) is 5.10 Å². The molecule has 3 N–H and O–H groups in total. The summed E-state index contributed by atoms with van der Waals surface area (Å²) in [6, 6.07) is 17.4. The maximum absolute atomic E-state index is 12.5. The van der Waals surface area contributed by atoms with Gasteiger partial charge in [0.15, 0.2) is 11.5 Å². The van der Waals surface area contributed by atoms with Crippen LogP contribution in [0.5, 0.6) is 11.5 Å². The number of carbonyl (C=O) groups excluding carboxylic acids is 4. The zero-order chi connectivity index (χ0) is 26.1. The van der Waals surface area contributed by atoms with Crippen molar-refractivity contribution in [3.63, 3.8) is 0 Å². The van der Waals surface area contributed by atoms with Gasteiger partial charge in [0.1, 0.15) is 0 Å². The van der Waals surface area contributed by atoms with E-state index >= 15 is 0 Å². The fourth-order valence-electron chi connectivity index (χ4n) is 3.04. The molecular weight excluding hydrogens is 464 g/mol. The lowest BCUT2D eigenvalue weighted by Gasteiger charge is -2.10. The van der Waals surface area contributed by atoms with Gasteiger partial charge in [-0.15, -0.1) is 0 Å².